The van der Waals surface area contributed by atoms with E-state index >= 15 is 0 Å². The zero-order chi connectivity index (χ0) is 15.0. The maximum atomic E-state index is 13.7. The molecular formula is C15H20ClFN4. The predicted molar refractivity (Wildman–Crippen MR) is 84.0 cm³/mol. The van der Waals surface area contributed by atoms with Crippen LogP contribution >= 0.6 is 11.6 Å². The Morgan fingerprint density at radius 1 is 1.33 bits per heavy atom. The maximum absolute atomic E-state index is 13.7. The van der Waals surface area contributed by atoms with Crippen LogP contribution in [-0.4, -0.2) is 33.6 Å². The standard InChI is InChI=1S/C15H20ClFN4/c1-10(20-5-3-2-4-6-20)9-21-14-8-12(17)11(16)7-13(14)19-15(21)18/h7-8,10H,2-6,9H2,1H3,(H2,18,19). The number of imidazole rings is 1. The van der Waals surface area contributed by atoms with Gasteiger partial charge in [0.25, 0.3) is 0 Å². The van der Waals surface area contributed by atoms with Gasteiger partial charge in [-0.1, -0.05) is 18.0 Å². The fourth-order valence-electron chi connectivity index (χ4n) is 3.07. The Morgan fingerprint density at radius 3 is 2.76 bits per heavy atom. The number of aromatic nitrogens is 2. The molecule has 0 bridgehead atoms. The fourth-order valence-corrected chi connectivity index (χ4v) is 3.23. The van der Waals surface area contributed by atoms with Crippen LogP contribution in [0.1, 0.15) is 26.2 Å². The SMILES string of the molecule is CC(Cn1c(N)nc2cc(Cl)c(F)cc21)N1CCCCC1. The quantitative estimate of drug-likeness (QED) is 0.946. The van der Waals surface area contributed by atoms with Crippen molar-refractivity contribution >= 4 is 28.6 Å². The van der Waals surface area contributed by atoms with Gasteiger partial charge in [0.05, 0.1) is 16.1 Å². The lowest BCUT2D eigenvalue weighted by Crippen LogP contribution is -2.39. The van der Waals surface area contributed by atoms with E-state index in [0.717, 1.165) is 13.1 Å². The molecule has 1 aromatic carbocycles. The Kier molecular flexibility index (Phi) is 4.04. The first kappa shape index (κ1) is 14.6. The Morgan fingerprint density at radius 2 is 2.05 bits per heavy atom. The molecule has 1 fully saturated rings. The average Bonchev–Trinajstić information content (AvgIpc) is 2.76. The van der Waals surface area contributed by atoms with Crippen LogP contribution in [0.2, 0.25) is 5.02 Å². The van der Waals surface area contributed by atoms with E-state index in [0.29, 0.717) is 29.6 Å². The molecule has 1 saturated heterocycles. The number of halogens is 2. The van der Waals surface area contributed by atoms with E-state index in [4.69, 9.17) is 17.3 Å². The molecule has 1 aromatic heterocycles. The van der Waals surface area contributed by atoms with Crippen LogP contribution < -0.4 is 5.73 Å². The molecule has 0 aliphatic carbocycles. The minimum Gasteiger partial charge on any atom is -0.369 e. The summed E-state index contributed by atoms with van der Waals surface area (Å²) in [7, 11) is 0. The largest absolute Gasteiger partial charge is 0.369 e. The molecule has 2 N–H and O–H groups in total. The molecule has 0 spiro atoms. The first-order valence-electron chi connectivity index (χ1n) is 7.41. The van der Waals surface area contributed by atoms with Crippen molar-refractivity contribution in [1.29, 1.82) is 0 Å². The summed E-state index contributed by atoms with van der Waals surface area (Å²) in [5.41, 5.74) is 7.35. The summed E-state index contributed by atoms with van der Waals surface area (Å²) in [6.45, 7) is 5.13. The van der Waals surface area contributed by atoms with Gasteiger partial charge in [-0.05, 0) is 38.9 Å². The van der Waals surface area contributed by atoms with Crippen molar-refractivity contribution < 1.29 is 4.39 Å². The van der Waals surface area contributed by atoms with Gasteiger partial charge in [0.1, 0.15) is 5.82 Å². The second-order valence-electron chi connectivity index (χ2n) is 5.78. The molecule has 114 valence electrons. The van der Waals surface area contributed by atoms with Crippen LogP contribution in [0.3, 0.4) is 0 Å². The number of nitrogen functional groups attached to an aromatic ring is 1. The smallest absolute Gasteiger partial charge is 0.201 e. The molecular weight excluding hydrogens is 291 g/mol. The molecule has 0 saturated carbocycles. The summed E-state index contributed by atoms with van der Waals surface area (Å²) >= 11 is 5.80. The van der Waals surface area contributed by atoms with E-state index in [2.05, 4.69) is 16.8 Å². The van der Waals surface area contributed by atoms with Crippen LogP contribution in [-0.2, 0) is 6.54 Å². The monoisotopic (exact) mass is 310 g/mol. The van der Waals surface area contributed by atoms with Crippen LogP contribution in [0.5, 0.6) is 0 Å². The lowest BCUT2D eigenvalue weighted by molar-refractivity contribution is 0.161. The first-order valence-corrected chi connectivity index (χ1v) is 7.79. The van der Waals surface area contributed by atoms with E-state index in [1.54, 1.807) is 0 Å². The minimum absolute atomic E-state index is 0.0798. The highest BCUT2D eigenvalue weighted by Crippen LogP contribution is 2.25. The van der Waals surface area contributed by atoms with Crippen LogP contribution in [0, 0.1) is 5.82 Å². The zero-order valence-corrected chi connectivity index (χ0v) is 12.9. The second kappa shape index (κ2) is 5.81. The molecule has 4 nitrogen and oxygen atoms in total. The molecule has 6 heteroatoms. The van der Waals surface area contributed by atoms with Crippen LogP contribution in [0.4, 0.5) is 10.3 Å². The van der Waals surface area contributed by atoms with Crippen molar-refractivity contribution in [3.63, 3.8) is 0 Å². The van der Waals surface area contributed by atoms with Crippen molar-refractivity contribution in [2.75, 3.05) is 18.8 Å². The molecule has 1 aliphatic heterocycles. The van der Waals surface area contributed by atoms with Crippen molar-refractivity contribution in [3.8, 4) is 0 Å². The molecule has 0 amide bonds. The molecule has 2 heterocycles. The van der Waals surface area contributed by atoms with E-state index in [1.165, 1.54) is 31.4 Å². The Labute approximate surface area is 128 Å². The summed E-state index contributed by atoms with van der Waals surface area (Å²) in [5.74, 6) is -0.0218. The Hall–Kier alpha value is -1.33. The van der Waals surface area contributed by atoms with Crippen LogP contribution in [0.15, 0.2) is 12.1 Å². The highest BCUT2D eigenvalue weighted by atomic mass is 35.5. The number of fused-ring (bicyclic) bond motifs is 1. The predicted octanol–water partition coefficient (Wildman–Crippen LogP) is 3.29. The summed E-state index contributed by atoms with van der Waals surface area (Å²) in [6, 6.07) is 3.30. The number of rotatable bonds is 3. The van der Waals surface area contributed by atoms with Gasteiger partial charge in [-0.25, -0.2) is 9.37 Å². The van der Waals surface area contributed by atoms with E-state index in [1.807, 2.05) is 4.57 Å². The zero-order valence-electron chi connectivity index (χ0n) is 12.1. The molecule has 1 atom stereocenters. The molecule has 2 aromatic rings. The third-order valence-electron chi connectivity index (χ3n) is 4.28. The summed E-state index contributed by atoms with van der Waals surface area (Å²) < 4.78 is 15.6. The van der Waals surface area contributed by atoms with Gasteiger partial charge >= 0.3 is 0 Å². The summed E-state index contributed by atoms with van der Waals surface area (Å²) in [5, 5.41) is 0.0798. The number of piperidine rings is 1. The fraction of sp³-hybridized carbons (Fsp3) is 0.533. The summed E-state index contributed by atoms with van der Waals surface area (Å²) in [4.78, 5) is 6.74. The van der Waals surface area contributed by atoms with E-state index < -0.39 is 5.82 Å². The number of hydrogen-bond donors (Lipinski definition) is 1. The highest BCUT2D eigenvalue weighted by molar-refractivity contribution is 6.31. The summed E-state index contributed by atoms with van der Waals surface area (Å²) in [6.07, 6.45) is 3.80. The number of nitrogens with zero attached hydrogens (tertiary/aromatic N) is 3. The van der Waals surface area contributed by atoms with Gasteiger partial charge < -0.3 is 10.3 Å². The van der Waals surface area contributed by atoms with Gasteiger partial charge in [-0.2, -0.15) is 0 Å². The van der Waals surface area contributed by atoms with Gasteiger partial charge in [0, 0.05) is 18.7 Å². The molecule has 0 radical (unpaired) electrons. The van der Waals surface area contributed by atoms with Crippen LogP contribution in [0.25, 0.3) is 11.0 Å². The molecule has 21 heavy (non-hydrogen) atoms. The van der Waals surface area contributed by atoms with E-state index in [9.17, 15) is 4.39 Å². The number of anilines is 1. The first-order chi connectivity index (χ1) is 10.1. The normalized spacial score (nSPS) is 18.2. The van der Waals surface area contributed by atoms with Crippen molar-refractivity contribution in [2.24, 2.45) is 0 Å². The third-order valence-corrected chi connectivity index (χ3v) is 4.57. The minimum atomic E-state index is -0.434. The number of hydrogen-bond acceptors (Lipinski definition) is 3. The van der Waals surface area contributed by atoms with Crippen molar-refractivity contribution in [3.05, 3.63) is 23.0 Å². The van der Waals surface area contributed by atoms with Gasteiger partial charge in [0.2, 0.25) is 5.95 Å². The lowest BCUT2D eigenvalue weighted by atomic mass is 10.1. The Balaban J connectivity index is 1.89. The van der Waals surface area contributed by atoms with E-state index in [-0.39, 0.29) is 5.02 Å². The third kappa shape index (κ3) is 2.85. The number of nitrogens with two attached hydrogens (primary N) is 1. The Bertz CT molecular complexity index is 649. The van der Waals surface area contributed by atoms with Crippen molar-refractivity contribution in [1.82, 2.24) is 14.5 Å². The number of likely N-dealkylation sites (tertiary alicyclic amines) is 1. The number of benzene rings is 1. The van der Waals surface area contributed by atoms with Crippen molar-refractivity contribution in [2.45, 2.75) is 38.8 Å². The second-order valence-corrected chi connectivity index (χ2v) is 6.19. The van der Waals surface area contributed by atoms with Gasteiger partial charge in [-0.3, -0.25) is 4.90 Å². The average molecular weight is 311 g/mol. The highest BCUT2D eigenvalue weighted by Gasteiger charge is 2.19. The lowest BCUT2D eigenvalue weighted by Gasteiger charge is -2.32. The van der Waals surface area contributed by atoms with Gasteiger partial charge in [0.15, 0.2) is 0 Å². The molecule has 1 unspecified atom stereocenters. The molecule has 1 aliphatic rings. The topological polar surface area (TPSA) is 47.1 Å². The maximum Gasteiger partial charge on any atom is 0.201 e. The molecule has 3 rings (SSSR count). The van der Waals surface area contributed by atoms with Gasteiger partial charge in [-0.15, -0.1) is 0 Å².